The Morgan fingerprint density at radius 1 is 1.23 bits per heavy atom. The lowest BCUT2D eigenvalue weighted by Crippen LogP contribution is -2.33. The van der Waals surface area contributed by atoms with Gasteiger partial charge < -0.3 is 30.0 Å². The zero-order valence-corrected chi connectivity index (χ0v) is 6.43. The summed E-state index contributed by atoms with van der Waals surface area (Å²) in [5.41, 5.74) is 4.32. The van der Waals surface area contributed by atoms with Crippen molar-refractivity contribution < 1.29 is 29.1 Å². The quantitative estimate of drug-likeness (QED) is 0.198. The van der Waals surface area contributed by atoms with Crippen LogP contribution < -0.4 is 5.73 Å². The number of carboxylic acid groups (broad SMARTS) is 1. The summed E-state index contributed by atoms with van der Waals surface area (Å²) in [7, 11) is -4.61. The third-order valence-corrected chi connectivity index (χ3v) is 0.275. The molecule has 0 aromatic rings. The van der Waals surface area contributed by atoms with Crippen LogP contribution in [0.4, 0.5) is 0 Å². The predicted molar refractivity (Wildman–Crippen MR) is 54.1 cm³/mol. The maximum atomic E-state index is 9.47. The standard InChI is InChI=1S/C3H5NO2.Al.Mg.H4O4Si.5H/c1-2(4)3(5)6;;;1-5(2,3)4;;;;;/h1,4H2,(H,5,6);;;1-4H;;;;;. The van der Waals surface area contributed by atoms with Crippen LogP contribution in [-0.2, 0) is 4.79 Å². The van der Waals surface area contributed by atoms with Crippen LogP contribution >= 0.6 is 0 Å². The predicted octanol–water partition coefficient (Wildman–Crippen LogP) is -5.17. The zero-order chi connectivity index (χ0) is 9.65. The second-order valence-electron chi connectivity index (χ2n) is 1.43. The van der Waals surface area contributed by atoms with Gasteiger partial charge in [-0.1, -0.05) is 6.58 Å². The van der Waals surface area contributed by atoms with E-state index >= 15 is 0 Å². The molecule has 0 radical (unpaired) electrons. The number of aliphatic carboxylic acids is 1. The van der Waals surface area contributed by atoms with Gasteiger partial charge in [0, 0.05) is 0 Å². The lowest BCUT2D eigenvalue weighted by molar-refractivity contribution is -0.132. The normalized spacial score (nSPS) is 8.00. The van der Waals surface area contributed by atoms with Gasteiger partial charge in [0.1, 0.15) is 5.70 Å². The number of hydrogen-bond donors (Lipinski definition) is 6. The fraction of sp³-hybridized carbons (Fsp3) is 0. The van der Waals surface area contributed by atoms with E-state index in [9.17, 15) is 4.79 Å². The number of rotatable bonds is 1. The molecule has 0 bridgehead atoms. The minimum absolute atomic E-state index is 0. The molecule has 76 valence electrons. The molecule has 0 aliphatic rings. The Kier molecular flexibility index (Phi) is 18.7. The van der Waals surface area contributed by atoms with Crippen molar-refractivity contribution in [3.8, 4) is 0 Å². The highest BCUT2D eigenvalue weighted by Crippen LogP contribution is 1.69. The first-order valence-corrected chi connectivity index (χ1v) is 4.00. The maximum absolute atomic E-state index is 9.47. The fourth-order valence-corrected chi connectivity index (χ4v) is 0. The van der Waals surface area contributed by atoms with Crippen LogP contribution in [0.2, 0.25) is 0 Å². The van der Waals surface area contributed by atoms with Crippen molar-refractivity contribution in [3.05, 3.63) is 12.3 Å². The zero-order valence-electron chi connectivity index (χ0n) is 5.43. The minimum atomic E-state index is -4.61. The highest BCUT2D eigenvalue weighted by molar-refractivity contribution is 6.46. The summed E-state index contributed by atoms with van der Waals surface area (Å²) >= 11 is 0. The summed E-state index contributed by atoms with van der Waals surface area (Å²) in [6.07, 6.45) is 0. The van der Waals surface area contributed by atoms with Crippen molar-refractivity contribution >= 4 is 55.4 Å². The monoisotopic (exact) mass is 239 g/mol. The van der Waals surface area contributed by atoms with Gasteiger partial charge in [-0.25, -0.2) is 4.79 Å². The molecule has 0 unspecified atom stereocenters. The second kappa shape index (κ2) is 10.4. The smallest absolute Gasteiger partial charge is 0.477 e. The highest BCUT2D eigenvalue weighted by atomic mass is 28.4. The van der Waals surface area contributed by atoms with Gasteiger partial charge in [-0.2, -0.15) is 0 Å². The summed E-state index contributed by atoms with van der Waals surface area (Å²) in [6.45, 7) is 2.93. The van der Waals surface area contributed by atoms with E-state index in [2.05, 4.69) is 12.3 Å². The van der Waals surface area contributed by atoms with Gasteiger partial charge in [0.15, 0.2) is 17.4 Å². The van der Waals surface area contributed by atoms with Gasteiger partial charge in [-0.15, -0.1) is 0 Å². The first-order valence-electron chi connectivity index (χ1n) is 2.21. The molecule has 0 saturated carbocycles. The Hall–Kier alpha value is 0.366. The van der Waals surface area contributed by atoms with Crippen molar-refractivity contribution in [1.29, 1.82) is 0 Å². The van der Waals surface area contributed by atoms with Gasteiger partial charge >= 0.3 is 38.1 Å². The topological polar surface area (TPSA) is 144 Å². The van der Waals surface area contributed by atoms with Crippen LogP contribution in [0.1, 0.15) is 0 Å². The first-order chi connectivity index (χ1) is 4.64. The molecule has 0 aliphatic carbocycles. The maximum Gasteiger partial charge on any atom is 0.668 e. The van der Waals surface area contributed by atoms with Crippen LogP contribution in [-0.4, -0.2) is 79.7 Å². The average Bonchev–Trinajstić information content (AvgIpc) is 1.59. The molecule has 0 aromatic heterocycles. The van der Waals surface area contributed by atoms with Gasteiger partial charge in [-0.05, 0) is 0 Å². The molecular weight excluding hydrogens is 225 g/mol. The van der Waals surface area contributed by atoms with Crippen LogP contribution in [0.15, 0.2) is 12.3 Å². The fourth-order valence-electron chi connectivity index (χ4n) is 0. The third kappa shape index (κ3) is 69.7. The number of nitrogens with two attached hydrogens (primary N) is 1. The Labute approximate surface area is 102 Å². The second-order valence-corrected chi connectivity index (χ2v) is 2.63. The molecule has 0 atom stereocenters. The molecular formula is C3H14AlMgNO6Si. The van der Waals surface area contributed by atoms with Crippen molar-refractivity contribution in [2.24, 2.45) is 5.73 Å². The van der Waals surface area contributed by atoms with Crippen molar-refractivity contribution in [3.63, 3.8) is 0 Å². The molecule has 10 heteroatoms. The van der Waals surface area contributed by atoms with Crippen LogP contribution in [0.3, 0.4) is 0 Å². The van der Waals surface area contributed by atoms with E-state index in [1.54, 1.807) is 0 Å². The first kappa shape index (κ1) is 23.3. The SMILES string of the molecule is C=C(N)C(=O)O.O[Si](O)(O)O.[AlH3].[MgH2]. The van der Waals surface area contributed by atoms with E-state index in [1.807, 2.05) is 0 Å². The molecule has 0 spiro atoms. The molecule has 0 amide bonds. The summed E-state index contributed by atoms with van der Waals surface area (Å²) in [4.78, 5) is 38.8. The molecule has 7 nitrogen and oxygen atoms in total. The molecule has 0 aliphatic heterocycles. The molecule has 0 rings (SSSR count). The van der Waals surface area contributed by atoms with Crippen LogP contribution in [0.5, 0.6) is 0 Å². The van der Waals surface area contributed by atoms with Crippen LogP contribution in [0, 0.1) is 0 Å². The van der Waals surface area contributed by atoms with Gasteiger partial charge in [-0.3, -0.25) is 0 Å². The summed E-state index contributed by atoms with van der Waals surface area (Å²) in [5, 5.41) is 7.77. The molecule has 13 heavy (non-hydrogen) atoms. The lowest BCUT2D eigenvalue weighted by atomic mass is 10.5. The Balaban J connectivity index is -0.0000000546. The third-order valence-electron chi connectivity index (χ3n) is 0.275. The number of hydrogen-bond acceptors (Lipinski definition) is 6. The van der Waals surface area contributed by atoms with E-state index in [-0.39, 0.29) is 46.1 Å². The Morgan fingerprint density at radius 3 is 1.31 bits per heavy atom. The van der Waals surface area contributed by atoms with Crippen molar-refractivity contribution in [2.45, 2.75) is 0 Å². The van der Waals surface area contributed by atoms with E-state index in [0.717, 1.165) is 0 Å². The van der Waals surface area contributed by atoms with Crippen molar-refractivity contribution in [1.82, 2.24) is 0 Å². The lowest BCUT2D eigenvalue weighted by Gasteiger charge is -1.91. The van der Waals surface area contributed by atoms with E-state index < -0.39 is 15.0 Å². The molecule has 0 saturated heterocycles. The van der Waals surface area contributed by atoms with E-state index in [1.165, 1.54) is 0 Å². The Morgan fingerprint density at radius 2 is 1.31 bits per heavy atom. The van der Waals surface area contributed by atoms with Crippen LogP contribution in [0.25, 0.3) is 0 Å². The van der Waals surface area contributed by atoms with Gasteiger partial charge in [0.25, 0.3) is 0 Å². The molecule has 0 aromatic carbocycles. The number of carbonyl (C=O) groups is 1. The van der Waals surface area contributed by atoms with Gasteiger partial charge in [0.05, 0.1) is 0 Å². The molecule has 0 heterocycles. The number of carboxylic acids is 1. The minimum Gasteiger partial charge on any atom is -0.477 e. The highest BCUT2D eigenvalue weighted by Gasteiger charge is 2.22. The van der Waals surface area contributed by atoms with E-state index in [0.29, 0.717) is 0 Å². The summed E-state index contributed by atoms with van der Waals surface area (Å²) in [6, 6.07) is 0. The van der Waals surface area contributed by atoms with Crippen molar-refractivity contribution in [2.75, 3.05) is 0 Å². The molecule has 0 fully saturated rings. The largest absolute Gasteiger partial charge is 0.668 e. The van der Waals surface area contributed by atoms with E-state index in [4.69, 9.17) is 24.3 Å². The summed E-state index contributed by atoms with van der Waals surface area (Å²) in [5.74, 6) is -1.16. The Bertz CT molecular complexity index is 142. The molecule has 7 N–H and O–H groups in total. The summed E-state index contributed by atoms with van der Waals surface area (Å²) < 4.78 is 0. The average molecular weight is 240 g/mol. The van der Waals surface area contributed by atoms with Gasteiger partial charge in [0.2, 0.25) is 0 Å².